The highest BCUT2D eigenvalue weighted by Crippen LogP contribution is 2.17. The Bertz CT molecular complexity index is 401. The lowest BCUT2D eigenvalue weighted by Crippen LogP contribution is -2.38. The maximum Gasteiger partial charge on any atom is 0.164 e. The lowest BCUT2D eigenvalue weighted by atomic mass is 10.0. The van der Waals surface area contributed by atoms with Crippen LogP contribution in [0.3, 0.4) is 0 Å². The number of likely N-dealkylation sites (tertiary alicyclic amines) is 1. The van der Waals surface area contributed by atoms with Crippen molar-refractivity contribution in [3.63, 3.8) is 0 Å². The van der Waals surface area contributed by atoms with E-state index in [1.165, 1.54) is 19.3 Å². The van der Waals surface area contributed by atoms with Gasteiger partial charge < -0.3 is 4.90 Å². The van der Waals surface area contributed by atoms with Crippen molar-refractivity contribution in [3.8, 4) is 0 Å². The number of Topliss-reactive ketones (excluding diaryl/α,β-unsaturated/α-hetero) is 1. The van der Waals surface area contributed by atoms with Crippen molar-refractivity contribution in [2.24, 2.45) is 0 Å². The van der Waals surface area contributed by atoms with Gasteiger partial charge in [0.05, 0.1) is 0 Å². The van der Waals surface area contributed by atoms with Crippen LogP contribution in [0.4, 0.5) is 0 Å². The molecule has 0 bridgehead atoms. The average molecular weight is 310 g/mol. The molecule has 1 atom stereocenters. The summed E-state index contributed by atoms with van der Waals surface area (Å²) in [6.07, 6.45) is 4.51. The van der Waals surface area contributed by atoms with Crippen LogP contribution < -0.4 is 0 Å². The molecule has 1 aliphatic rings. The van der Waals surface area contributed by atoms with Crippen molar-refractivity contribution in [3.05, 3.63) is 34.3 Å². The maximum absolute atomic E-state index is 12.1. The summed E-state index contributed by atoms with van der Waals surface area (Å²) in [7, 11) is 0. The predicted octanol–water partition coefficient (Wildman–Crippen LogP) is 3.90. The van der Waals surface area contributed by atoms with Crippen molar-refractivity contribution in [1.82, 2.24) is 4.90 Å². The van der Waals surface area contributed by atoms with Crippen LogP contribution >= 0.6 is 15.9 Å². The second-order valence-electron chi connectivity index (χ2n) is 5.06. The van der Waals surface area contributed by atoms with Gasteiger partial charge in [0.25, 0.3) is 0 Å². The molecule has 0 aromatic heterocycles. The van der Waals surface area contributed by atoms with Crippen molar-refractivity contribution in [2.75, 3.05) is 13.1 Å². The van der Waals surface area contributed by atoms with Crippen LogP contribution in [0.1, 0.15) is 43.0 Å². The van der Waals surface area contributed by atoms with E-state index in [1.54, 1.807) is 0 Å². The smallest absolute Gasteiger partial charge is 0.164 e. The third-order valence-electron chi connectivity index (χ3n) is 3.73. The molecule has 1 saturated heterocycles. The van der Waals surface area contributed by atoms with Crippen LogP contribution in [-0.2, 0) is 0 Å². The highest BCUT2D eigenvalue weighted by atomic mass is 79.9. The van der Waals surface area contributed by atoms with E-state index in [0.717, 1.165) is 23.1 Å². The van der Waals surface area contributed by atoms with Crippen molar-refractivity contribution in [1.29, 1.82) is 0 Å². The van der Waals surface area contributed by atoms with Crippen molar-refractivity contribution < 1.29 is 4.79 Å². The van der Waals surface area contributed by atoms with Gasteiger partial charge in [-0.25, -0.2) is 0 Å². The minimum atomic E-state index is 0.250. The molecular weight excluding hydrogens is 290 g/mol. The summed E-state index contributed by atoms with van der Waals surface area (Å²) in [5.41, 5.74) is 0.822. The molecule has 0 N–H and O–H groups in total. The van der Waals surface area contributed by atoms with Crippen molar-refractivity contribution >= 4 is 21.7 Å². The van der Waals surface area contributed by atoms with Crippen LogP contribution in [0.5, 0.6) is 0 Å². The van der Waals surface area contributed by atoms with E-state index >= 15 is 0 Å². The van der Waals surface area contributed by atoms with Gasteiger partial charge in [-0.2, -0.15) is 0 Å². The standard InChI is InChI=1S/C15H20BrNO/c1-12-4-2-3-10-17(12)11-9-15(18)13-5-7-14(16)8-6-13/h5-8,12H,2-4,9-11H2,1H3. The Morgan fingerprint density at radius 2 is 2.06 bits per heavy atom. The van der Waals surface area contributed by atoms with Gasteiger partial charge in [-0.05, 0) is 38.4 Å². The largest absolute Gasteiger partial charge is 0.300 e. The number of hydrogen-bond donors (Lipinski definition) is 0. The molecule has 1 heterocycles. The summed E-state index contributed by atoms with van der Waals surface area (Å²) in [5.74, 6) is 0.250. The second-order valence-corrected chi connectivity index (χ2v) is 5.98. The Morgan fingerprint density at radius 1 is 1.33 bits per heavy atom. The van der Waals surface area contributed by atoms with Gasteiger partial charge in [-0.3, -0.25) is 4.79 Å². The summed E-state index contributed by atoms with van der Waals surface area (Å²) < 4.78 is 1.02. The highest BCUT2D eigenvalue weighted by molar-refractivity contribution is 9.10. The van der Waals surface area contributed by atoms with Gasteiger partial charge in [0.1, 0.15) is 0 Å². The normalized spacial score (nSPS) is 20.9. The minimum absolute atomic E-state index is 0.250. The molecule has 0 saturated carbocycles. The fourth-order valence-corrected chi connectivity index (χ4v) is 2.78. The number of carbonyl (C=O) groups is 1. The summed E-state index contributed by atoms with van der Waals surface area (Å²) in [5, 5.41) is 0. The Balaban J connectivity index is 1.86. The molecule has 0 amide bonds. The zero-order valence-corrected chi connectivity index (χ0v) is 12.4. The number of hydrogen-bond acceptors (Lipinski definition) is 2. The molecule has 0 spiro atoms. The fraction of sp³-hybridized carbons (Fsp3) is 0.533. The van der Waals surface area contributed by atoms with Gasteiger partial charge in [0, 0.05) is 29.0 Å². The van der Waals surface area contributed by atoms with Gasteiger partial charge in [0.15, 0.2) is 5.78 Å². The monoisotopic (exact) mass is 309 g/mol. The Labute approximate surface area is 117 Å². The van der Waals surface area contributed by atoms with Gasteiger partial charge in [0.2, 0.25) is 0 Å². The van der Waals surface area contributed by atoms with E-state index < -0.39 is 0 Å². The average Bonchev–Trinajstić information content (AvgIpc) is 2.38. The van der Waals surface area contributed by atoms with Gasteiger partial charge >= 0.3 is 0 Å². The topological polar surface area (TPSA) is 20.3 Å². The SMILES string of the molecule is CC1CCCCN1CCC(=O)c1ccc(Br)cc1. The Hall–Kier alpha value is -0.670. The molecule has 18 heavy (non-hydrogen) atoms. The van der Waals surface area contributed by atoms with Crippen LogP contribution in [0.2, 0.25) is 0 Å². The Kier molecular flexibility index (Phi) is 4.95. The summed E-state index contributed by atoms with van der Waals surface area (Å²) in [4.78, 5) is 14.5. The number of nitrogens with zero attached hydrogens (tertiary/aromatic N) is 1. The first-order chi connectivity index (χ1) is 8.66. The summed E-state index contributed by atoms with van der Waals surface area (Å²) in [6.45, 7) is 4.31. The molecule has 1 aliphatic heterocycles. The van der Waals surface area contributed by atoms with Crippen LogP contribution in [0.15, 0.2) is 28.7 Å². The van der Waals surface area contributed by atoms with E-state index in [4.69, 9.17) is 0 Å². The highest BCUT2D eigenvalue weighted by Gasteiger charge is 2.18. The number of carbonyl (C=O) groups excluding carboxylic acids is 1. The summed E-state index contributed by atoms with van der Waals surface area (Å²) in [6, 6.07) is 8.28. The van der Waals surface area contributed by atoms with Gasteiger partial charge in [-0.15, -0.1) is 0 Å². The van der Waals surface area contributed by atoms with Crippen LogP contribution in [0, 0.1) is 0 Å². The van der Waals surface area contributed by atoms with E-state index in [2.05, 4.69) is 27.8 Å². The van der Waals surface area contributed by atoms with Crippen LogP contribution in [-0.4, -0.2) is 29.8 Å². The number of ketones is 1. The summed E-state index contributed by atoms with van der Waals surface area (Å²) >= 11 is 3.38. The van der Waals surface area contributed by atoms with Gasteiger partial charge in [-0.1, -0.05) is 34.5 Å². The molecule has 2 rings (SSSR count). The molecule has 0 aliphatic carbocycles. The van der Waals surface area contributed by atoms with E-state index in [-0.39, 0.29) is 5.78 Å². The number of rotatable bonds is 4. The molecule has 0 radical (unpaired) electrons. The second kappa shape index (κ2) is 6.48. The molecule has 1 aromatic carbocycles. The minimum Gasteiger partial charge on any atom is -0.300 e. The van der Waals surface area contributed by atoms with E-state index in [9.17, 15) is 4.79 Å². The first-order valence-corrected chi connectivity index (χ1v) is 7.49. The predicted molar refractivity (Wildman–Crippen MR) is 78.0 cm³/mol. The third kappa shape index (κ3) is 3.66. The Morgan fingerprint density at radius 3 is 2.72 bits per heavy atom. The molecule has 1 aromatic rings. The fourth-order valence-electron chi connectivity index (χ4n) is 2.52. The first kappa shape index (κ1) is 13.8. The lowest BCUT2D eigenvalue weighted by molar-refractivity contribution is 0.0935. The molecule has 1 unspecified atom stereocenters. The molecular formula is C15H20BrNO. The molecule has 98 valence electrons. The molecule has 1 fully saturated rings. The molecule has 3 heteroatoms. The van der Waals surface area contributed by atoms with Crippen LogP contribution in [0.25, 0.3) is 0 Å². The quantitative estimate of drug-likeness (QED) is 0.786. The number of halogens is 1. The van der Waals surface area contributed by atoms with E-state index in [0.29, 0.717) is 12.5 Å². The van der Waals surface area contributed by atoms with Crippen molar-refractivity contribution in [2.45, 2.75) is 38.6 Å². The third-order valence-corrected chi connectivity index (χ3v) is 4.26. The zero-order chi connectivity index (χ0) is 13.0. The number of benzene rings is 1. The zero-order valence-electron chi connectivity index (χ0n) is 10.9. The number of piperidine rings is 1. The lowest BCUT2D eigenvalue weighted by Gasteiger charge is -2.33. The maximum atomic E-state index is 12.1. The molecule has 2 nitrogen and oxygen atoms in total. The van der Waals surface area contributed by atoms with E-state index in [1.807, 2.05) is 24.3 Å². The first-order valence-electron chi connectivity index (χ1n) is 6.69.